The molecule has 0 saturated heterocycles. The van der Waals surface area contributed by atoms with Gasteiger partial charge in [-0.25, -0.2) is 9.18 Å². The van der Waals surface area contributed by atoms with Gasteiger partial charge in [-0.05, 0) is 37.3 Å². The van der Waals surface area contributed by atoms with Crippen molar-refractivity contribution in [2.24, 2.45) is 5.73 Å². The van der Waals surface area contributed by atoms with Gasteiger partial charge in [0, 0.05) is 12.2 Å². The Morgan fingerprint density at radius 2 is 2.00 bits per heavy atom. The predicted molar refractivity (Wildman–Crippen MR) is 80.9 cm³/mol. The van der Waals surface area contributed by atoms with Crippen LogP contribution in [-0.2, 0) is 11.3 Å². The van der Waals surface area contributed by atoms with E-state index >= 15 is 0 Å². The van der Waals surface area contributed by atoms with Gasteiger partial charge in [-0.3, -0.25) is 9.36 Å². The molecule has 116 valence electrons. The first kappa shape index (κ1) is 16.2. The van der Waals surface area contributed by atoms with Gasteiger partial charge in [0.2, 0.25) is 0 Å². The highest BCUT2D eigenvalue weighted by atomic mass is 35.5. The monoisotopic (exact) mass is 324 g/mol. The van der Waals surface area contributed by atoms with E-state index in [-0.39, 0.29) is 23.7 Å². The molecule has 7 heteroatoms. The molecule has 0 saturated carbocycles. The fourth-order valence-electron chi connectivity index (χ4n) is 2.03. The van der Waals surface area contributed by atoms with Crippen LogP contribution in [0.5, 0.6) is 0 Å². The van der Waals surface area contributed by atoms with Gasteiger partial charge in [-0.1, -0.05) is 11.6 Å². The van der Waals surface area contributed by atoms with E-state index in [0.717, 1.165) is 0 Å². The van der Waals surface area contributed by atoms with Crippen LogP contribution in [0.1, 0.15) is 23.0 Å². The molecule has 2 N–H and O–H groups in total. The average Bonchev–Trinajstić information content (AvgIpc) is 2.50. The largest absolute Gasteiger partial charge is 0.462 e. The molecule has 1 aromatic heterocycles. The fraction of sp³-hybridized carbons (Fsp3) is 0.200. The van der Waals surface area contributed by atoms with Crippen LogP contribution in [0.4, 0.5) is 4.39 Å². The van der Waals surface area contributed by atoms with Crippen LogP contribution in [0, 0.1) is 5.82 Å². The molecule has 2 rings (SSSR count). The predicted octanol–water partition coefficient (Wildman–Crippen LogP) is 2.27. The Bertz CT molecular complexity index is 757. The normalized spacial score (nSPS) is 10.5. The lowest BCUT2D eigenvalue weighted by molar-refractivity contribution is 0.0524. The quantitative estimate of drug-likeness (QED) is 0.875. The van der Waals surface area contributed by atoms with Gasteiger partial charge in [0.05, 0.1) is 17.3 Å². The zero-order valence-electron chi connectivity index (χ0n) is 11.8. The third-order valence-corrected chi connectivity index (χ3v) is 3.35. The zero-order valence-corrected chi connectivity index (χ0v) is 12.6. The molecule has 0 radical (unpaired) electrons. The minimum absolute atomic E-state index is 0.0193. The van der Waals surface area contributed by atoms with E-state index in [1.807, 2.05) is 0 Å². The SMILES string of the molecule is CCOC(=O)c1cc(Cl)c(CN)n(-c2ccc(F)cc2)c1=O. The lowest BCUT2D eigenvalue weighted by atomic mass is 10.2. The highest BCUT2D eigenvalue weighted by Crippen LogP contribution is 2.19. The highest BCUT2D eigenvalue weighted by Gasteiger charge is 2.19. The number of esters is 1. The van der Waals surface area contributed by atoms with Gasteiger partial charge in [-0.2, -0.15) is 0 Å². The Labute approximate surface area is 131 Å². The molecule has 0 unspecified atom stereocenters. The number of pyridine rings is 1. The van der Waals surface area contributed by atoms with Crippen molar-refractivity contribution in [3.63, 3.8) is 0 Å². The van der Waals surface area contributed by atoms with E-state index in [9.17, 15) is 14.0 Å². The molecule has 0 atom stereocenters. The smallest absolute Gasteiger partial charge is 0.343 e. The molecular weight excluding hydrogens is 311 g/mol. The summed E-state index contributed by atoms with van der Waals surface area (Å²) in [6.45, 7) is 1.74. The number of hydrogen-bond acceptors (Lipinski definition) is 4. The lowest BCUT2D eigenvalue weighted by Gasteiger charge is -2.15. The van der Waals surface area contributed by atoms with E-state index < -0.39 is 17.3 Å². The van der Waals surface area contributed by atoms with Gasteiger partial charge < -0.3 is 10.5 Å². The van der Waals surface area contributed by atoms with Crippen LogP contribution in [0.15, 0.2) is 35.1 Å². The summed E-state index contributed by atoms with van der Waals surface area (Å²) in [4.78, 5) is 24.4. The van der Waals surface area contributed by atoms with E-state index in [1.54, 1.807) is 6.92 Å². The molecule has 0 aliphatic rings. The fourth-order valence-corrected chi connectivity index (χ4v) is 2.30. The number of carbonyl (C=O) groups excluding carboxylic acids is 1. The molecule has 0 spiro atoms. The van der Waals surface area contributed by atoms with Crippen LogP contribution >= 0.6 is 11.6 Å². The van der Waals surface area contributed by atoms with Crippen LogP contribution in [-0.4, -0.2) is 17.1 Å². The maximum atomic E-state index is 13.1. The first-order chi connectivity index (χ1) is 10.5. The summed E-state index contributed by atoms with van der Waals surface area (Å²) >= 11 is 6.11. The molecule has 5 nitrogen and oxygen atoms in total. The summed E-state index contributed by atoms with van der Waals surface area (Å²) in [5.74, 6) is -1.22. The Morgan fingerprint density at radius 1 is 1.36 bits per heavy atom. The van der Waals surface area contributed by atoms with Crippen molar-refractivity contribution in [3.05, 3.63) is 62.8 Å². The summed E-state index contributed by atoms with van der Waals surface area (Å²) in [6.07, 6.45) is 0. The Morgan fingerprint density at radius 3 is 2.55 bits per heavy atom. The third-order valence-electron chi connectivity index (χ3n) is 3.02. The van der Waals surface area contributed by atoms with E-state index in [4.69, 9.17) is 22.1 Å². The van der Waals surface area contributed by atoms with Gasteiger partial charge in [0.1, 0.15) is 11.4 Å². The molecule has 0 aliphatic carbocycles. The standard InChI is InChI=1S/C15H14ClFN2O3/c1-2-22-15(21)11-7-12(16)13(8-18)19(14(11)20)10-5-3-9(17)4-6-10/h3-7H,2,8,18H2,1H3. The first-order valence-electron chi connectivity index (χ1n) is 6.57. The molecular formula is C15H14ClFN2O3. The lowest BCUT2D eigenvalue weighted by Crippen LogP contribution is -2.30. The second kappa shape index (κ2) is 6.72. The number of halogens is 2. The van der Waals surface area contributed by atoms with Gasteiger partial charge in [0.25, 0.3) is 5.56 Å². The van der Waals surface area contributed by atoms with Crippen molar-refractivity contribution in [1.29, 1.82) is 0 Å². The summed E-state index contributed by atoms with van der Waals surface area (Å²) in [6, 6.07) is 6.45. The zero-order chi connectivity index (χ0) is 16.3. The summed E-state index contributed by atoms with van der Waals surface area (Å²) in [7, 11) is 0. The summed E-state index contributed by atoms with van der Waals surface area (Å²) in [5.41, 5.74) is 5.51. The van der Waals surface area contributed by atoms with Crippen molar-refractivity contribution < 1.29 is 13.9 Å². The van der Waals surface area contributed by atoms with Crippen molar-refractivity contribution in [2.75, 3.05) is 6.61 Å². The van der Waals surface area contributed by atoms with Crippen molar-refractivity contribution in [1.82, 2.24) is 4.57 Å². The summed E-state index contributed by atoms with van der Waals surface area (Å²) in [5, 5.41) is 0.162. The molecule has 22 heavy (non-hydrogen) atoms. The number of nitrogens with two attached hydrogens (primary N) is 1. The van der Waals surface area contributed by atoms with E-state index in [0.29, 0.717) is 11.4 Å². The average molecular weight is 325 g/mol. The molecule has 2 aromatic rings. The number of nitrogens with zero attached hydrogens (tertiary/aromatic N) is 1. The molecule has 0 aliphatic heterocycles. The second-order valence-electron chi connectivity index (χ2n) is 4.39. The third kappa shape index (κ3) is 3.03. The summed E-state index contributed by atoms with van der Waals surface area (Å²) < 4.78 is 19.1. The van der Waals surface area contributed by atoms with Crippen molar-refractivity contribution >= 4 is 17.6 Å². The minimum Gasteiger partial charge on any atom is -0.462 e. The van der Waals surface area contributed by atoms with Crippen molar-refractivity contribution in [3.8, 4) is 5.69 Å². The van der Waals surface area contributed by atoms with Gasteiger partial charge in [0.15, 0.2) is 0 Å². The Kier molecular flexibility index (Phi) is 4.95. The van der Waals surface area contributed by atoms with Crippen LogP contribution in [0.25, 0.3) is 5.69 Å². The number of ether oxygens (including phenoxy) is 1. The van der Waals surface area contributed by atoms with Crippen molar-refractivity contribution in [2.45, 2.75) is 13.5 Å². The maximum absolute atomic E-state index is 13.1. The second-order valence-corrected chi connectivity index (χ2v) is 4.80. The topological polar surface area (TPSA) is 74.3 Å². The molecule has 1 aromatic carbocycles. The minimum atomic E-state index is -0.770. The maximum Gasteiger partial charge on any atom is 0.343 e. The molecule has 0 bridgehead atoms. The van der Waals surface area contributed by atoms with Crippen LogP contribution in [0.2, 0.25) is 5.02 Å². The molecule has 0 amide bonds. The van der Waals surface area contributed by atoms with Gasteiger partial charge in [-0.15, -0.1) is 0 Å². The highest BCUT2D eigenvalue weighted by molar-refractivity contribution is 6.31. The number of aromatic nitrogens is 1. The number of hydrogen-bond donors (Lipinski definition) is 1. The van der Waals surface area contributed by atoms with Crippen LogP contribution in [0.3, 0.4) is 0 Å². The Balaban J connectivity index is 2.72. The number of carbonyl (C=O) groups is 1. The first-order valence-corrected chi connectivity index (χ1v) is 6.95. The Hall–Kier alpha value is -2.18. The van der Waals surface area contributed by atoms with E-state index in [2.05, 4.69) is 0 Å². The molecule has 1 heterocycles. The molecule has 0 fully saturated rings. The van der Waals surface area contributed by atoms with Crippen LogP contribution < -0.4 is 11.3 Å². The number of benzene rings is 1. The van der Waals surface area contributed by atoms with E-state index in [1.165, 1.54) is 34.9 Å². The number of rotatable bonds is 4. The van der Waals surface area contributed by atoms with Gasteiger partial charge >= 0.3 is 5.97 Å².